The van der Waals surface area contributed by atoms with E-state index in [4.69, 9.17) is 9.05 Å². The summed E-state index contributed by atoms with van der Waals surface area (Å²) >= 11 is 0. The van der Waals surface area contributed by atoms with Gasteiger partial charge in [-0.05, 0) is 25.5 Å². The number of rotatable bonds is 4. The van der Waals surface area contributed by atoms with Gasteiger partial charge in [0.2, 0.25) is 5.89 Å². The summed E-state index contributed by atoms with van der Waals surface area (Å²) in [6.45, 7) is 3.49. The maximum absolute atomic E-state index is 12.2. The first kappa shape index (κ1) is 14.0. The highest BCUT2D eigenvalue weighted by atomic mass is 16.5. The molecule has 1 amide bonds. The zero-order chi connectivity index (χ0) is 15.5. The van der Waals surface area contributed by atoms with Gasteiger partial charge in [-0.1, -0.05) is 28.5 Å². The molecular formula is C15H14N4O3. The van der Waals surface area contributed by atoms with E-state index < -0.39 is 0 Å². The van der Waals surface area contributed by atoms with Crippen LogP contribution in [0, 0.1) is 13.8 Å². The Balaban J connectivity index is 1.80. The molecule has 3 aromatic rings. The molecule has 0 saturated carbocycles. The van der Waals surface area contributed by atoms with Crippen molar-refractivity contribution in [2.45, 2.75) is 20.3 Å². The molecule has 0 aliphatic rings. The Morgan fingerprint density at radius 2 is 2.00 bits per heavy atom. The van der Waals surface area contributed by atoms with Crippen molar-refractivity contribution in [1.29, 1.82) is 0 Å². The number of nitrogens with one attached hydrogen (secondary N) is 1. The molecule has 0 aliphatic heterocycles. The number of nitrogens with zero attached hydrogens (tertiary/aromatic N) is 3. The second-order valence-electron chi connectivity index (χ2n) is 4.85. The third-order valence-corrected chi connectivity index (χ3v) is 3.04. The molecule has 0 fully saturated rings. The average molecular weight is 298 g/mol. The van der Waals surface area contributed by atoms with Crippen LogP contribution in [0.4, 0.5) is 5.69 Å². The van der Waals surface area contributed by atoms with Gasteiger partial charge in [0.15, 0.2) is 11.5 Å². The molecule has 0 atom stereocenters. The van der Waals surface area contributed by atoms with Gasteiger partial charge in [-0.15, -0.1) is 0 Å². The Morgan fingerprint density at radius 3 is 2.68 bits per heavy atom. The fourth-order valence-electron chi connectivity index (χ4n) is 2.03. The van der Waals surface area contributed by atoms with Crippen LogP contribution >= 0.6 is 0 Å². The molecule has 2 heterocycles. The quantitative estimate of drug-likeness (QED) is 0.795. The summed E-state index contributed by atoms with van der Waals surface area (Å²) < 4.78 is 10.0. The first-order chi connectivity index (χ1) is 10.6. The van der Waals surface area contributed by atoms with Crippen LogP contribution in [0.2, 0.25) is 0 Å². The van der Waals surface area contributed by atoms with Crippen LogP contribution in [-0.2, 0) is 6.42 Å². The highest BCUT2D eigenvalue weighted by molar-refractivity contribution is 6.03. The largest absolute Gasteiger partial charge is 0.361 e. The van der Waals surface area contributed by atoms with Crippen molar-refractivity contribution < 1.29 is 13.8 Å². The SMILES string of the molecule is Cc1noc(Cc2ccccc2NC(=O)c2cc(C)on2)n1. The number of hydrogen-bond donors (Lipinski definition) is 1. The monoisotopic (exact) mass is 298 g/mol. The summed E-state index contributed by atoms with van der Waals surface area (Å²) in [5.41, 5.74) is 1.78. The maximum Gasteiger partial charge on any atom is 0.277 e. The van der Waals surface area contributed by atoms with Gasteiger partial charge in [-0.3, -0.25) is 4.79 Å². The zero-order valence-corrected chi connectivity index (χ0v) is 12.2. The molecule has 0 bridgehead atoms. The van der Waals surface area contributed by atoms with E-state index in [0.29, 0.717) is 29.6 Å². The third-order valence-electron chi connectivity index (χ3n) is 3.04. The van der Waals surface area contributed by atoms with E-state index in [1.807, 2.05) is 24.3 Å². The lowest BCUT2D eigenvalue weighted by molar-refractivity contribution is 0.101. The van der Waals surface area contributed by atoms with E-state index in [1.165, 1.54) is 0 Å². The van der Waals surface area contributed by atoms with Crippen molar-refractivity contribution in [2.75, 3.05) is 5.32 Å². The van der Waals surface area contributed by atoms with Crippen molar-refractivity contribution in [3.63, 3.8) is 0 Å². The van der Waals surface area contributed by atoms with Crippen molar-refractivity contribution in [1.82, 2.24) is 15.3 Å². The Bertz CT molecular complexity index is 806. The smallest absolute Gasteiger partial charge is 0.277 e. The number of aromatic nitrogens is 3. The molecule has 3 rings (SSSR count). The third kappa shape index (κ3) is 3.03. The molecule has 0 spiro atoms. The van der Waals surface area contributed by atoms with Gasteiger partial charge in [0.05, 0.1) is 6.42 Å². The fraction of sp³-hybridized carbons (Fsp3) is 0.200. The Kier molecular flexibility index (Phi) is 3.69. The number of carbonyl (C=O) groups excluding carboxylic acids is 1. The minimum atomic E-state index is -0.328. The number of hydrogen-bond acceptors (Lipinski definition) is 6. The summed E-state index contributed by atoms with van der Waals surface area (Å²) in [5.74, 6) is 1.33. The lowest BCUT2D eigenvalue weighted by atomic mass is 10.1. The van der Waals surface area contributed by atoms with Gasteiger partial charge < -0.3 is 14.4 Å². The number of amides is 1. The van der Waals surface area contributed by atoms with Crippen LogP contribution in [0.1, 0.15) is 33.5 Å². The van der Waals surface area contributed by atoms with Crippen molar-refractivity contribution in [3.05, 3.63) is 59.1 Å². The second-order valence-corrected chi connectivity index (χ2v) is 4.85. The maximum atomic E-state index is 12.2. The number of aryl methyl sites for hydroxylation is 2. The molecule has 22 heavy (non-hydrogen) atoms. The van der Waals surface area contributed by atoms with E-state index in [1.54, 1.807) is 19.9 Å². The molecule has 0 saturated heterocycles. The lowest BCUT2D eigenvalue weighted by Gasteiger charge is -2.08. The first-order valence-corrected chi connectivity index (χ1v) is 6.73. The summed E-state index contributed by atoms with van der Waals surface area (Å²) in [6.07, 6.45) is 0.440. The molecule has 2 aromatic heterocycles. The van der Waals surface area contributed by atoms with Crippen LogP contribution in [0.3, 0.4) is 0 Å². The second kappa shape index (κ2) is 5.80. The summed E-state index contributed by atoms with van der Waals surface area (Å²) in [7, 11) is 0. The molecular weight excluding hydrogens is 284 g/mol. The van der Waals surface area contributed by atoms with Crippen molar-refractivity contribution in [2.24, 2.45) is 0 Å². The van der Waals surface area contributed by atoms with E-state index in [9.17, 15) is 4.79 Å². The van der Waals surface area contributed by atoms with Crippen LogP contribution < -0.4 is 5.32 Å². The predicted octanol–water partition coefficient (Wildman–Crippen LogP) is 2.52. The normalized spacial score (nSPS) is 10.6. The average Bonchev–Trinajstić information content (AvgIpc) is 3.10. The molecule has 7 heteroatoms. The zero-order valence-electron chi connectivity index (χ0n) is 12.2. The highest BCUT2D eigenvalue weighted by Gasteiger charge is 2.14. The Hall–Kier alpha value is -2.96. The molecule has 0 radical (unpaired) electrons. The van der Waals surface area contributed by atoms with Crippen LogP contribution in [-0.4, -0.2) is 21.2 Å². The first-order valence-electron chi connectivity index (χ1n) is 6.73. The predicted molar refractivity (Wildman–Crippen MR) is 77.5 cm³/mol. The number of anilines is 1. The Labute approximate surface area is 126 Å². The Morgan fingerprint density at radius 1 is 1.18 bits per heavy atom. The molecule has 1 aromatic carbocycles. The molecule has 0 unspecified atom stereocenters. The fourth-order valence-corrected chi connectivity index (χ4v) is 2.03. The lowest BCUT2D eigenvalue weighted by Crippen LogP contribution is -2.13. The van der Waals surface area contributed by atoms with Crippen molar-refractivity contribution in [3.8, 4) is 0 Å². The van der Waals surface area contributed by atoms with Gasteiger partial charge >= 0.3 is 0 Å². The van der Waals surface area contributed by atoms with Gasteiger partial charge in [0, 0.05) is 11.8 Å². The number of benzene rings is 1. The van der Waals surface area contributed by atoms with E-state index in [0.717, 1.165) is 5.56 Å². The molecule has 1 N–H and O–H groups in total. The van der Waals surface area contributed by atoms with Gasteiger partial charge in [-0.25, -0.2) is 0 Å². The van der Waals surface area contributed by atoms with Crippen LogP contribution in [0.15, 0.2) is 39.4 Å². The molecule has 112 valence electrons. The molecule has 0 aliphatic carbocycles. The van der Waals surface area contributed by atoms with E-state index in [2.05, 4.69) is 20.6 Å². The minimum Gasteiger partial charge on any atom is -0.361 e. The number of para-hydroxylation sites is 1. The highest BCUT2D eigenvalue weighted by Crippen LogP contribution is 2.19. The van der Waals surface area contributed by atoms with Gasteiger partial charge in [0.25, 0.3) is 5.91 Å². The topological polar surface area (TPSA) is 94.1 Å². The van der Waals surface area contributed by atoms with Crippen LogP contribution in [0.5, 0.6) is 0 Å². The van der Waals surface area contributed by atoms with Gasteiger partial charge in [-0.2, -0.15) is 4.98 Å². The van der Waals surface area contributed by atoms with E-state index >= 15 is 0 Å². The minimum absolute atomic E-state index is 0.237. The molecule has 7 nitrogen and oxygen atoms in total. The standard InChI is InChI=1S/C15H14N4O3/c1-9-7-13(19-21-9)15(20)17-12-6-4-3-5-11(12)8-14-16-10(2)18-22-14/h3-7H,8H2,1-2H3,(H,17,20). The van der Waals surface area contributed by atoms with Crippen molar-refractivity contribution >= 4 is 11.6 Å². The summed E-state index contributed by atoms with van der Waals surface area (Å²) in [4.78, 5) is 16.3. The number of carbonyl (C=O) groups is 1. The summed E-state index contributed by atoms with van der Waals surface area (Å²) in [5, 5.41) is 10.3. The van der Waals surface area contributed by atoms with Gasteiger partial charge in [0.1, 0.15) is 5.76 Å². The summed E-state index contributed by atoms with van der Waals surface area (Å²) in [6, 6.07) is 9.01. The van der Waals surface area contributed by atoms with Crippen LogP contribution in [0.25, 0.3) is 0 Å². The van der Waals surface area contributed by atoms with E-state index in [-0.39, 0.29) is 11.6 Å².